The van der Waals surface area contributed by atoms with E-state index in [2.05, 4.69) is 4.72 Å². The third-order valence-corrected chi connectivity index (χ3v) is 4.05. The minimum absolute atomic E-state index is 0.00483. The zero-order valence-electron chi connectivity index (χ0n) is 10.9. The van der Waals surface area contributed by atoms with Crippen LogP contribution in [0.1, 0.15) is 15.9 Å². The number of carboxylic acid groups (broad SMARTS) is 1. The summed E-state index contributed by atoms with van der Waals surface area (Å²) in [5.41, 5.74) is 0.898. The Balaban J connectivity index is 2.11. The van der Waals surface area contributed by atoms with Crippen LogP contribution in [-0.4, -0.2) is 19.5 Å². The molecule has 2 N–H and O–H groups in total. The number of carboxylic acids is 1. The first kappa shape index (κ1) is 14.8. The van der Waals surface area contributed by atoms with Crippen LogP contribution in [0.4, 0.5) is 0 Å². The van der Waals surface area contributed by atoms with Crippen LogP contribution in [0.2, 0.25) is 0 Å². The van der Waals surface area contributed by atoms with Crippen LogP contribution in [0.25, 0.3) is 6.08 Å². The molecule has 0 spiro atoms. The molecule has 108 valence electrons. The molecule has 6 heteroatoms. The van der Waals surface area contributed by atoms with Gasteiger partial charge in [-0.15, -0.1) is 0 Å². The monoisotopic (exact) mass is 303 g/mol. The molecule has 0 aliphatic carbocycles. The predicted octanol–water partition coefficient (Wildman–Crippen LogP) is 2.33. The molecule has 0 fully saturated rings. The first-order chi connectivity index (χ1) is 9.99. The molecule has 0 saturated carbocycles. The fraction of sp³-hybridized carbons (Fsp3) is 0. The van der Waals surface area contributed by atoms with Gasteiger partial charge in [-0.1, -0.05) is 30.3 Å². The van der Waals surface area contributed by atoms with E-state index in [1.807, 2.05) is 30.3 Å². The van der Waals surface area contributed by atoms with E-state index in [9.17, 15) is 13.2 Å². The molecular weight excluding hydrogens is 290 g/mol. The fourth-order valence-electron chi connectivity index (χ4n) is 1.63. The Bertz CT molecular complexity index is 750. The Morgan fingerprint density at radius 3 is 2.19 bits per heavy atom. The third-order valence-electron chi connectivity index (χ3n) is 2.71. The summed E-state index contributed by atoms with van der Waals surface area (Å²) in [5, 5.41) is 8.77. The normalized spacial score (nSPS) is 11.4. The molecule has 2 aromatic rings. The molecule has 2 rings (SSSR count). The maximum atomic E-state index is 12.0. The van der Waals surface area contributed by atoms with Crippen LogP contribution in [-0.2, 0) is 10.0 Å². The number of hydrogen-bond donors (Lipinski definition) is 2. The molecule has 0 aromatic heterocycles. The highest BCUT2D eigenvalue weighted by atomic mass is 32.2. The van der Waals surface area contributed by atoms with Crippen LogP contribution in [0.15, 0.2) is 65.7 Å². The van der Waals surface area contributed by atoms with Gasteiger partial charge < -0.3 is 5.11 Å². The first-order valence-electron chi connectivity index (χ1n) is 6.06. The number of hydrogen-bond acceptors (Lipinski definition) is 3. The zero-order chi connectivity index (χ0) is 15.3. The van der Waals surface area contributed by atoms with Crippen molar-refractivity contribution >= 4 is 22.1 Å². The van der Waals surface area contributed by atoms with Crippen LogP contribution >= 0.6 is 0 Å². The Morgan fingerprint density at radius 2 is 1.62 bits per heavy atom. The van der Waals surface area contributed by atoms with Crippen LogP contribution in [0, 0.1) is 0 Å². The van der Waals surface area contributed by atoms with Crippen LogP contribution in [0.3, 0.4) is 0 Å². The van der Waals surface area contributed by atoms with E-state index in [-0.39, 0.29) is 10.5 Å². The summed E-state index contributed by atoms with van der Waals surface area (Å²) in [6.07, 6.45) is 2.96. The van der Waals surface area contributed by atoms with Crippen molar-refractivity contribution in [2.75, 3.05) is 0 Å². The van der Waals surface area contributed by atoms with Gasteiger partial charge in [0.15, 0.2) is 0 Å². The Labute approximate surface area is 122 Å². The molecule has 0 aliphatic rings. The molecule has 0 bridgehead atoms. The third kappa shape index (κ3) is 3.93. The van der Waals surface area contributed by atoms with Gasteiger partial charge in [-0.2, -0.15) is 0 Å². The van der Waals surface area contributed by atoms with Crippen LogP contribution in [0.5, 0.6) is 0 Å². The second kappa shape index (κ2) is 6.23. The molecule has 0 atom stereocenters. The lowest BCUT2D eigenvalue weighted by molar-refractivity contribution is 0.0696. The average Bonchev–Trinajstić information content (AvgIpc) is 2.48. The number of nitrogens with one attached hydrogen (secondary N) is 1. The zero-order valence-corrected chi connectivity index (χ0v) is 11.7. The van der Waals surface area contributed by atoms with Gasteiger partial charge in [0.05, 0.1) is 10.5 Å². The number of benzene rings is 2. The maximum Gasteiger partial charge on any atom is 0.335 e. The van der Waals surface area contributed by atoms with E-state index >= 15 is 0 Å². The van der Waals surface area contributed by atoms with E-state index in [0.29, 0.717) is 0 Å². The van der Waals surface area contributed by atoms with Crippen molar-refractivity contribution in [1.29, 1.82) is 0 Å². The average molecular weight is 303 g/mol. The quantitative estimate of drug-likeness (QED) is 0.888. The Morgan fingerprint density at radius 1 is 1.00 bits per heavy atom. The predicted molar refractivity (Wildman–Crippen MR) is 79.2 cm³/mol. The number of sulfonamides is 1. The Kier molecular flexibility index (Phi) is 4.39. The van der Waals surface area contributed by atoms with Crippen molar-refractivity contribution in [3.63, 3.8) is 0 Å². The molecule has 21 heavy (non-hydrogen) atoms. The van der Waals surface area contributed by atoms with Gasteiger partial charge in [-0.05, 0) is 35.9 Å². The lowest BCUT2D eigenvalue weighted by atomic mass is 10.2. The van der Waals surface area contributed by atoms with E-state index < -0.39 is 16.0 Å². The maximum absolute atomic E-state index is 12.0. The fourth-order valence-corrected chi connectivity index (χ4v) is 2.51. The molecule has 0 saturated heterocycles. The second-order valence-electron chi connectivity index (χ2n) is 4.19. The molecule has 0 heterocycles. The summed E-state index contributed by atoms with van der Waals surface area (Å²) in [6.45, 7) is 0. The van der Waals surface area contributed by atoms with E-state index in [1.165, 1.54) is 30.5 Å². The van der Waals surface area contributed by atoms with Gasteiger partial charge in [0.25, 0.3) is 10.0 Å². The smallest absolute Gasteiger partial charge is 0.335 e. The molecule has 0 unspecified atom stereocenters. The summed E-state index contributed by atoms with van der Waals surface area (Å²) < 4.78 is 26.3. The summed E-state index contributed by atoms with van der Waals surface area (Å²) >= 11 is 0. The van der Waals surface area contributed by atoms with Gasteiger partial charge >= 0.3 is 5.97 Å². The highest BCUT2D eigenvalue weighted by molar-refractivity contribution is 7.89. The standard InChI is InChI=1S/C15H13NO4S/c17-15(18)13-6-8-14(9-7-13)21(19,20)16-11-10-12-4-2-1-3-5-12/h1-11,16H,(H,17,18). The largest absolute Gasteiger partial charge is 0.478 e. The molecule has 0 radical (unpaired) electrons. The lowest BCUT2D eigenvalue weighted by Crippen LogP contribution is -2.17. The number of carbonyl (C=O) groups is 1. The second-order valence-corrected chi connectivity index (χ2v) is 5.91. The van der Waals surface area contributed by atoms with E-state index in [1.54, 1.807) is 6.08 Å². The van der Waals surface area contributed by atoms with Crippen molar-refractivity contribution in [2.24, 2.45) is 0 Å². The van der Waals surface area contributed by atoms with Crippen molar-refractivity contribution in [3.8, 4) is 0 Å². The minimum Gasteiger partial charge on any atom is -0.478 e. The van der Waals surface area contributed by atoms with Gasteiger partial charge in [0.2, 0.25) is 0 Å². The summed E-state index contributed by atoms with van der Waals surface area (Å²) in [6, 6.07) is 14.2. The van der Waals surface area contributed by atoms with Crippen molar-refractivity contribution in [1.82, 2.24) is 4.72 Å². The highest BCUT2D eigenvalue weighted by Crippen LogP contribution is 2.11. The summed E-state index contributed by atoms with van der Waals surface area (Å²) in [7, 11) is -3.70. The molecule has 2 aromatic carbocycles. The van der Waals surface area contributed by atoms with Gasteiger partial charge in [0, 0.05) is 6.20 Å². The van der Waals surface area contributed by atoms with E-state index in [4.69, 9.17) is 5.11 Å². The first-order valence-corrected chi connectivity index (χ1v) is 7.55. The van der Waals surface area contributed by atoms with Gasteiger partial charge in [-0.3, -0.25) is 4.72 Å². The summed E-state index contributed by atoms with van der Waals surface area (Å²) in [5.74, 6) is -1.10. The molecular formula is C15H13NO4S. The lowest BCUT2D eigenvalue weighted by Gasteiger charge is -2.04. The number of rotatable bonds is 5. The highest BCUT2D eigenvalue weighted by Gasteiger charge is 2.12. The van der Waals surface area contributed by atoms with Crippen molar-refractivity contribution in [3.05, 3.63) is 71.9 Å². The molecule has 5 nitrogen and oxygen atoms in total. The van der Waals surface area contributed by atoms with Gasteiger partial charge in [0.1, 0.15) is 0 Å². The van der Waals surface area contributed by atoms with E-state index in [0.717, 1.165) is 5.56 Å². The SMILES string of the molecule is O=C(O)c1ccc(S(=O)(=O)NC=Cc2ccccc2)cc1. The van der Waals surface area contributed by atoms with Crippen LogP contribution < -0.4 is 4.72 Å². The summed E-state index contributed by atoms with van der Waals surface area (Å²) in [4.78, 5) is 10.7. The molecule has 0 amide bonds. The minimum atomic E-state index is -3.70. The van der Waals surface area contributed by atoms with Gasteiger partial charge in [-0.25, -0.2) is 13.2 Å². The topological polar surface area (TPSA) is 83.5 Å². The van der Waals surface area contributed by atoms with Crippen molar-refractivity contribution in [2.45, 2.75) is 4.90 Å². The molecule has 0 aliphatic heterocycles. The van der Waals surface area contributed by atoms with Crippen molar-refractivity contribution < 1.29 is 18.3 Å². The Hall–Kier alpha value is -2.60. The number of aromatic carboxylic acids is 1.